The summed E-state index contributed by atoms with van der Waals surface area (Å²) in [7, 11) is 3.69. The molecule has 1 unspecified atom stereocenters. The zero-order valence-electron chi connectivity index (χ0n) is 13.9. The van der Waals surface area contributed by atoms with Crippen molar-refractivity contribution in [3.63, 3.8) is 0 Å². The third-order valence-electron chi connectivity index (χ3n) is 4.51. The van der Waals surface area contributed by atoms with Crippen LogP contribution >= 0.6 is 0 Å². The Hall–Kier alpha value is -2.14. The maximum absolute atomic E-state index is 12.4. The van der Waals surface area contributed by atoms with Crippen LogP contribution in [0.4, 0.5) is 0 Å². The lowest BCUT2D eigenvalue weighted by atomic mass is 10.1. The van der Waals surface area contributed by atoms with E-state index in [0.29, 0.717) is 30.2 Å². The number of methoxy groups -OCH3 is 1. The summed E-state index contributed by atoms with van der Waals surface area (Å²) in [6.07, 6.45) is 2.52. The molecule has 1 fully saturated rings. The van der Waals surface area contributed by atoms with Gasteiger partial charge in [-0.25, -0.2) is 4.98 Å². The highest BCUT2D eigenvalue weighted by atomic mass is 16.5. The van der Waals surface area contributed by atoms with Crippen molar-refractivity contribution in [1.29, 1.82) is 0 Å². The van der Waals surface area contributed by atoms with Crippen LogP contribution in [-0.4, -0.2) is 48.6 Å². The lowest BCUT2D eigenvalue weighted by Gasteiger charge is -2.24. The Balaban J connectivity index is 1.72. The monoisotopic (exact) mass is 313 g/mol. The van der Waals surface area contributed by atoms with E-state index >= 15 is 0 Å². The summed E-state index contributed by atoms with van der Waals surface area (Å²) in [5.74, 6) is 0.321. The fourth-order valence-electron chi connectivity index (χ4n) is 2.76. The summed E-state index contributed by atoms with van der Waals surface area (Å²) in [5.41, 5.74) is 0.391. The number of carbonyl (C=O) groups is 1. The van der Waals surface area contributed by atoms with E-state index in [0.717, 1.165) is 10.8 Å². The van der Waals surface area contributed by atoms with Crippen LogP contribution in [-0.2, 0) is 0 Å². The molecule has 0 saturated heterocycles. The van der Waals surface area contributed by atoms with Gasteiger partial charge in [0.25, 0.3) is 5.91 Å². The van der Waals surface area contributed by atoms with Crippen molar-refractivity contribution in [3.05, 3.63) is 36.0 Å². The van der Waals surface area contributed by atoms with Crippen molar-refractivity contribution in [2.45, 2.75) is 31.8 Å². The van der Waals surface area contributed by atoms with Crippen LogP contribution in [0, 0.1) is 0 Å². The van der Waals surface area contributed by atoms with E-state index < -0.39 is 0 Å². The first-order chi connectivity index (χ1) is 11.1. The molecule has 0 bridgehead atoms. The van der Waals surface area contributed by atoms with Crippen molar-refractivity contribution < 1.29 is 9.53 Å². The minimum Gasteiger partial charge on any atom is -0.481 e. The number of aromatic nitrogens is 1. The largest absolute Gasteiger partial charge is 0.481 e. The van der Waals surface area contributed by atoms with Crippen LogP contribution in [0.5, 0.6) is 5.88 Å². The van der Waals surface area contributed by atoms with Gasteiger partial charge in [0.2, 0.25) is 5.88 Å². The van der Waals surface area contributed by atoms with E-state index in [2.05, 4.69) is 29.2 Å². The highest BCUT2D eigenvalue weighted by Gasteiger charge is 2.29. The number of fused-ring (bicyclic) bond motifs is 1. The maximum atomic E-state index is 12.4. The van der Waals surface area contributed by atoms with Gasteiger partial charge in [-0.15, -0.1) is 0 Å². The number of hydrogen-bond acceptors (Lipinski definition) is 4. The fraction of sp³-hybridized carbons (Fsp3) is 0.444. The Morgan fingerprint density at radius 2 is 2.17 bits per heavy atom. The first kappa shape index (κ1) is 15.7. The predicted molar refractivity (Wildman–Crippen MR) is 90.9 cm³/mol. The number of amides is 1. The SMILES string of the molecule is COc1nc(C(=O)NCC(C)N(C)C2CC2)cc2ccccc12. The van der Waals surface area contributed by atoms with E-state index in [4.69, 9.17) is 4.74 Å². The third-order valence-corrected chi connectivity index (χ3v) is 4.51. The zero-order valence-corrected chi connectivity index (χ0v) is 13.9. The second-order valence-electron chi connectivity index (χ2n) is 6.19. The summed E-state index contributed by atoms with van der Waals surface area (Å²) in [6, 6.07) is 10.6. The van der Waals surface area contributed by atoms with Crippen molar-refractivity contribution in [3.8, 4) is 5.88 Å². The van der Waals surface area contributed by atoms with Gasteiger partial charge >= 0.3 is 0 Å². The van der Waals surface area contributed by atoms with E-state index in [1.165, 1.54) is 12.8 Å². The minimum atomic E-state index is -0.162. The third kappa shape index (κ3) is 3.45. The molecule has 1 N–H and O–H groups in total. The van der Waals surface area contributed by atoms with Gasteiger partial charge < -0.3 is 10.1 Å². The smallest absolute Gasteiger partial charge is 0.270 e. The molecule has 122 valence electrons. The van der Waals surface area contributed by atoms with Crippen LogP contribution in [0.25, 0.3) is 10.8 Å². The van der Waals surface area contributed by atoms with Gasteiger partial charge in [0.1, 0.15) is 5.69 Å². The molecule has 1 amide bonds. The second-order valence-corrected chi connectivity index (χ2v) is 6.19. The van der Waals surface area contributed by atoms with E-state index in [1.807, 2.05) is 30.3 Å². The van der Waals surface area contributed by atoms with Gasteiger partial charge in [-0.2, -0.15) is 0 Å². The predicted octanol–water partition coefficient (Wildman–Crippen LogP) is 2.46. The number of hydrogen-bond donors (Lipinski definition) is 1. The van der Waals surface area contributed by atoms with Crippen LogP contribution < -0.4 is 10.1 Å². The molecule has 1 aliphatic rings. The number of likely N-dealkylation sites (N-methyl/N-ethyl adjacent to an activating group) is 1. The topological polar surface area (TPSA) is 54.5 Å². The van der Waals surface area contributed by atoms with Crippen molar-refractivity contribution in [1.82, 2.24) is 15.2 Å². The molecule has 1 heterocycles. The highest BCUT2D eigenvalue weighted by Crippen LogP contribution is 2.27. The summed E-state index contributed by atoms with van der Waals surface area (Å²) < 4.78 is 5.32. The van der Waals surface area contributed by atoms with Gasteiger partial charge in [0, 0.05) is 24.0 Å². The molecule has 0 radical (unpaired) electrons. The van der Waals surface area contributed by atoms with E-state index in [9.17, 15) is 4.79 Å². The quantitative estimate of drug-likeness (QED) is 0.890. The molecule has 1 aromatic carbocycles. The van der Waals surface area contributed by atoms with Crippen LogP contribution in [0.3, 0.4) is 0 Å². The number of benzene rings is 1. The average molecular weight is 313 g/mol. The number of nitrogens with zero attached hydrogens (tertiary/aromatic N) is 2. The molecule has 0 aliphatic heterocycles. The standard InChI is InChI=1S/C18H23N3O2/c1-12(21(2)14-8-9-14)11-19-17(22)16-10-13-6-4-5-7-15(13)18(20-16)23-3/h4-7,10,12,14H,8-9,11H2,1-3H3,(H,19,22). The summed E-state index contributed by atoms with van der Waals surface area (Å²) in [4.78, 5) is 19.1. The molecule has 1 atom stereocenters. The van der Waals surface area contributed by atoms with Crippen molar-refractivity contribution >= 4 is 16.7 Å². The molecule has 0 spiro atoms. The molecule has 5 heteroatoms. The van der Waals surface area contributed by atoms with E-state index in [-0.39, 0.29) is 5.91 Å². The first-order valence-electron chi connectivity index (χ1n) is 8.04. The van der Waals surface area contributed by atoms with Crippen LogP contribution in [0.15, 0.2) is 30.3 Å². The molecule has 23 heavy (non-hydrogen) atoms. The van der Waals surface area contributed by atoms with Crippen molar-refractivity contribution in [2.24, 2.45) is 0 Å². The lowest BCUT2D eigenvalue weighted by Crippen LogP contribution is -2.41. The summed E-state index contributed by atoms with van der Waals surface area (Å²) in [5, 5.41) is 4.84. The number of rotatable bonds is 6. The average Bonchev–Trinajstić information content (AvgIpc) is 3.42. The Kier molecular flexibility index (Phi) is 4.48. The Labute approximate surface area is 136 Å². The van der Waals surface area contributed by atoms with Crippen LogP contribution in [0.2, 0.25) is 0 Å². The minimum absolute atomic E-state index is 0.162. The first-order valence-corrected chi connectivity index (χ1v) is 8.04. The highest BCUT2D eigenvalue weighted by molar-refractivity contribution is 5.98. The maximum Gasteiger partial charge on any atom is 0.270 e. The summed E-state index contributed by atoms with van der Waals surface area (Å²) >= 11 is 0. The molecule has 3 rings (SSSR count). The summed E-state index contributed by atoms with van der Waals surface area (Å²) in [6.45, 7) is 2.75. The Morgan fingerprint density at radius 1 is 1.43 bits per heavy atom. The van der Waals surface area contributed by atoms with Gasteiger partial charge in [-0.05, 0) is 44.3 Å². The van der Waals surface area contributed by atoms with Gasteiger partial charge in [-0.1, -0.05) is 18.2 Å². The van der Waals surface area contributed by atoms with Gasteiger partial charge in [0.05, 0.1) is 7.11 Å². The van der Waals surface area contributed by atoms with Gasteiger partial charge in [-0.3, -0.25) is 9.69 Å². The second kappa shape index (κ2) is 6.54. The molecular weight excluding hydrogens is 290 g/mol. The molecule has 5 nitrogen and oxygen atoms in total. The van der Waals surface area contributed by atoms with Crippen LogP contribution in [0.1, 0.15) is 30.3 Å². The Bertz CT molecular complexity index is 712. The fourth-order valence-corrected chi connectivity index (χ4v) is 2.76. The lowest BCUT2D eigenvalue weighted by molar-refractivity contribution is 0.0934. The van der Waals surface area contributed by atoms with Crippen molar-refractivity contribution in [2.75, 3.05) is 20.7 Å². The zero-order chi connectivity index (χ0) is 16.4. The molecular formula is C18H23N3O2. The molecule has 1 aromatic heterocycles. The number of carbonyl (C=O) groups excluding carboxylic acids is 1. The molecule has 1 aliphatic carbocycles. The number of pyridine rings is 1. The van der Waals surface area contributed by atoms with E-state index in [1.54, 1.807) is 7.11 Å². The number of ether oxygens (including phenoxy) is 1. The molecule has 2 aromatic rings. The molecule has 1 saturated carbocycles. The van der Waals surface area contributed by atoms with Gasteiger partial charge in [0.15, 0.2) is 0 Å². The Morgan fingerprint density at radius 3 is 2.87 bits per heavy atom. The normalized spacial score (nSPS) is 15.7. The number of nitrogens with one attached hydrogen (secondary N) is 1.